The molecule has 0 fully saturated rings. The molecule has 1 aliphatic rings. The van der Waals surface area contributed by atoms with Gasteiger partial charge in [0.25, 0.3) is 0 Å². The van der Waals surface area contributed by atoms with Gasteiger partial charge in [-0.15, -0.1) is 0 Å². The second-order valence-electron chi connectivity index (χ2n) is 16.3. The van der Waals surface area contributed by atoms with Gasteiger partial charge < -0.3 is 10.2 Å². The molecule has 63 heavy (non-hydrogen) atoms. The SMILES string of the molecule is O=C(O)c1ccccc1-c1ccc(-c2ccc3cc(C4(c5ccc6cc(-c7ccc(-c8ccccc8C(=O)O)cc7)ccc6c5)c5ccccc5-c5ccccc54)ccc3c2)cc1. The number of hydrogen-bond donors (Lipinski definition) is 2. The van der Waals surface area contributed by atoms with E-state index in [1.54, 1.807) is 24.3 Å². The van der Waals surface area contributed by atoms with Gasteiger partial charge >= 0.3 is 11.9 Å². The van der Waals surface area contributed by atoms with E-state index in [0.29, 0.717) is 11.1 Å². The van der Waals surface area contributed by atoms with Gasteiger partial charge in [-0.3, -0.25) is 0 Å². The van der Waals surface area contributed by atoms with Crippen molar-refractivity contribution < 1.29 is 19.8 Å². The molecule has 4 heteroatoms. The molecule has 0 unspecified atom stereocenters. The van der Waals surface area contributed by atoms with Crippen LogP contribution in [0.2, 0.25) is 0 Å². The van der Waals surface area contributed by atoms with Crippen LogP contribution in [0.15, 0.2) is 218 Å². The molecule has 10 aromatic rings. The molecule has 10 aromatic carbocycles. The van der Waals surface area contributed by atoms with Crippen LogP contribution in [0.1, 0.15) is 43.0 Å². The highest BCUT2D eigenvalue weighted by Gasteiger charge is 2.46. The van der Waals surface area contributed by atoms with Gasteiger partial charge in [0.15, 0.2) is 0 Å². The maximum atomic E-state index is 11.9. The highest BCUT2D eigenvalue weighted by atomic mass is 16.4. The molecule has 4 nitrogen and oxygen atoms in total. The summed E-state index contributed by atoms with van der Waals surface area (Å²) in [6, 6.07) is 75.1. The molecule has 2 N–H and O–H groups in total. The first-order valence-corrected chi connectivity index (χ1v) is 21.0. The molecule has 1 aliphatic carbocycles. The fourth-order valence-electron chi connectivity index (χ4n) is 9.87. The lowest BCUT2D eigenvalue weighted by Crippen LogP contribution is -2.28. The largest absolute Gasteiger partial charge is 0.478 e. The van der Waals surface area contributed by atoms with Crippen molar-refractivity contribution in [2.24, 2.45) is 0 Å². The summed E-state index contributed by atoms with van der Waals surface area (Å²) in [5.74, 6) is -1.87. The highest BCUT2D eigenvalue weighted by Crippen LogP contribution is 2.56. The second kappa shape index (κ2) is 15.0. The number of hydrogen-bond acceptors (Lipinski definition) is 2. The third-order valence-corrected chi connectivity index (χ3v) is 12.9. The lowest BCUT2D eigenvalue weighted by Gasteiger charge is -2.34. The van der Waals surface area contributed by atoms with Gasteiger partial charge in [0.05, 0.1) is 16.5 Å². The summed E-state index contributed by atoms with van der Waals surface area (Å²) in [4.78, 5) is 23.8. The number of benzene rings is 10. The van der Waals surface area contributed by atoms with Gasteiger partial charge in [0.2, 0.25) is 0 Å². The number of fused-ring (bicyclic) bond motifs is 5. The monoisotopic (exact) mass is 810 g/mol. The fourth-order valence-corrected chi connectivity index (χ4v) is 9.87. The Kier molecular flexibility index (Phi) is 8.95. The van der Waals surface area contributed by atoms with Crippen LogP contribution in [0.4, 0.5) is 0 Å². The van der Waals surface area contributed by atoms with Crippen molar-refractivity contribution in [3.63, 3.8) is 0 Å². The quantitative estimate of drug-likeness (QED) is 0.160. The Hall–Kier alpha value is -8.34. The van der Waals surface area contributed by atoms with E-state index in [2.05, 4.69) is 146 Å². The van der Waals surface area contributed by atoms with Crippen LogP contribution in [-0.4, -0.2) is 22.2 Å². The van der Waals surface area contributed by atoms with Gasteiger partial charge in [-0.2, -0.15) is 0 Å². The average molecular weight is 811 g/mol. The van der Waals surface area contributed by atoms with Gasteiger partial charge in [-0.05, 0) is 136 Å². The van der Waals surface area contributed by atoms with Gasteiger partial charge in [-0.1, -0.05) is 182 Å². The van der Waals surface area contributed by atoms with Crippen LogP contribution in [0.3, 0.4) is 0 Å². The van der Waals surface area contributed by atoms with Crippen LogP contribution in [0, 0.1) is 0 Å². The highest BCUT2D eigenvalue weighted by molar-refractivity contribution is 5.98. The minimum atomic E-state index is -0.937. The van der Waals surface area contributed by atoms with Crippen molar-refractivity contribution >= 4 is 33.5 Å². The molecule has 0 atom stereocenters. The number of carboxylic acid groups (broad SMARTS) is 2. The van der Waals surface area contributed by atoms with E-state index in [0.717, 1.165) is 54.9 Å². The summed E-state index contributed by atoms with van der Waals surface area (Å²) in [7, 11) is 0. The Morgan fingerprint density at radius 3 is 1.03 bits per heavy atom. The summed E-state index contributed by atoms with van der Waals surface area (Å²) in [6.07, 6.45) is 0. The van der Waals surface area contributed by atoms with Crippen molar-refractivity contribution in [1.82, 2.24) is 0 Å². The maximum Gasteiger partial charge on any atom is 0.336 e. The first-order valence-electron chi connectivity index (χ1n) is 21.0. The van der Waals surface area contributed by atoms with Crippen molar-refractivity contribution in [2.45, 2.75) is 5.41 Å². The molecule has 0 saturated heterocycles. The topological polar surface area (TPSA) is 74.6 Å². The predicted molar refractivity (Wildman–Crippen MR) is 254 cm³/mol. The van der Waals surface area contributed by atoms with Crippen molar-refractivity contribution in [1.29, 1.82) is 0 Å². The summed E-state index contributed by atoms with van der Waals surface area (Å²) < 4.78 is 0. The second-order valence-corrected chi connectivity index (χ2v) is 16.3. The fraction of sp³-hybridized carbons (Fsp3) is 0.0169. The summed E-state index contributed by atoms with van der Waals surface area (Å²) in [6.45, 7) is 0. The van der Waals surface area contributed by atoms with Crippen LogP contribution < -0.4 is 0 Å². The zero-order chi connectivity index (χ0) is 42.7. The van der Waals surface area contributed by atoms with Gasteiger partial charge in [-0.25, -0.2) is 9.59 Å². The molecule has 0 amide bonds. The molecule has 11 rings (SSSR count). The van der Waals surface area contributed by atoms with E-state index in [-0.39, 0.29) is 11.1 Å². The van der Waals surface area contributed by atoms with E-state index in [1.807, 2.05) is 48.5 Å². The molecule has 0 aliphatic heterocycles. The number of rotatable bonds is 8. The minimum absolute atomic E-state index is 0.289. The van der Waals surface area contributed by atoms with Gasteiger partial charge in [0, 0.05) is 0 Å². The molecular formula is C59H38O4. The zero-order valence-electron chi connectivity index (χ0n) is 34.0. The van der Waals surface area contributed by atoms with Crippen LogP contribution in [0.25, 0.3) is 77.2 Å². The minimum Gasteiger partial charge on any atom is -0.478 e. The summed E-state index contributed by atoms with van der Waals surface area (Å²) >= 11 is 0. The van der Waals surface area contributed by atoms with Crippen LogP contribution >= 0.6 is 0 Å². The van der Waals surface area contributed by atoms with Crippen LogP contribution in [0.5, 0.6) is 0 Å². The normalized spacial score (nSPS) is 12.5. The third-order valence-electron chi connectivity index (χ3n) is 12.9. The van der Waals surface area contributed by atoms with Crippen molar-refractivity contribution in [3.8, 4) is 55.6 Å². The van der Waals surface area contributed by atoms with Crippen LogP contribution in [-0.2, 0) is 5.41 Å². The first kappa shape index (κ1) is 37.6. The number of carbonyl (C=O) groups is 2. The Balaban J connectivity index is 0.983. The van der Waals surface area contributed by atoms with E-state index in [4.69, 9.17) is 0 Å². The third kappa shape index (κ3) is 6.23. The molecule has 0 heterocycles. The smallest absolute Gasteiger partial charge is 0.336 e. The standard InChI is InChI=1S/C59H38O4/c60-57(61)53-13-3-1-9-49(53)39-21-17-37(18-22-39)41-25-27-45-35-47(31-29-43(45)33-41)59(55-15-7-5-11-51(55)52-12-6-8-16-56(52)59)48-32-30-44-34-42(26-28-46(44)36-48)38-19-23-40(24-20-38)50-10-2-4-14-54(50)58(62)63/h1-36H,(H,60,61)(H,62,63). The Labute approximate surface area is 364 Å². The first-order chi connectivity index (χ1) is 30.9. The molecule has 0 radical (unpaired) electrons. The Morgan fingerprint density at radius 2 is 0.619 bits per heavy atom. The number of carboxylic acids is 2. The molecule has 298 valence electrons. The van der Waals surface area contributed by atoms with E-state index in [9.17, 15) is 19.8 Å². The Morgan fingerprint density at radius 1 is 0.302 bits per heavy atom. The summed E-state index contributed by atoms with van der Waals surface area (Å²) in [5, 5.41) is 24.1. The lowest BCUT2D eigenvalue weighted by atomic mass is 9.67. The van der Waals surface area contributed by atoms with Crippen molar-refractivity contribution in [2.75, 3.05) is 0 Å². The summed E-state index contributed by atoms with van der Waals surface area (Å²) in [5.41, 5.74) is 14.8. The molecule has 0 saturated carbocycles. The van der Waals surface area contributed by atoms with Gasteiger partial charge in [0.1, 0.15) is 0 Å². The van der Waals surface area contributed by atoms with E-state index >= 15 is 0 Å². The molecule has 0 bridgehead atoms. The molecule has 0 spiro atoms. The Bertz CT molecular complexity index is 3220. The van der Waals surface area contributed by atoms with Crippen molar-refractivity contribution in [3.05, 3.63) is 252 Å². The van der Waals surface area contributed by atoms with E-state index in [1.165, 1.54) is 33.4 Å². The number of aromatic carboxylic acids is 2. The van der Waals surface area contributed by atoms with E-state index < -0.39 is 17.4 Å². The molecular weight excluding hydrogens is 773 g/mol. The molecule has 0 aromatic heterocycles. The predicted octanol–water partition coefficient (Wildman–Crippen LogP) is 14.4. The lowest BCUT2D eigenvalue weighted by molar-refractivity contribution is 0.0687. The zero-order valence-corrected chi connectivity index (χ0v) is 34.0. The average Bonchev–Trinajstić information content (AvgIpc) is 3.64. The maximum absolute atomic E-state index is 11.9.